The fourth-order valence-electron chi connectivity index (χ4n) is 2.93. The lowest BCUT2D eigenvalue weighted by atomic mass is 10.2. The first-order chi connectivity index (χ1) is 13.1. The topological polar surface area (TPSA) is 73.0 Å². The number of nitrogens with one attached hydrogen (secondary N) is 1. The van der Waals surface area contributed by atoms with E-state index in [0.717, 1.165) is 17.0 Å². The van der Waals surface area contributed by atoms with Crippen molar-refractivity contribution in [3.63, 3.8) is 0 Å². The van der Waals surface area contributed by atoms with Crippen LogP contribution >= 0.6 is 11.8 Å². The number of benzene rings is 1. The average molecular weight is 381 g/mol. The van der Waals surface area contributed by atoms with E-state index in [-0.39, 0.29) is 5.56 Å². The van der Waals surface area contributed by atoms with Gasteiger partial charge >= 0.3 is 0 Å². The molecule has 0 aliphatic heterocycles. The lowest BCUT2D eigenvalue weighted by Gasteiger charge is -2.11. The highest BCUT2D eigenvalue weighted by Crippen LogP contribution is 2.25. The van der Waals surface area contributed by atoms with Crippen LogP contribution in [0.25, 0.3) is 11.0 Å². The molecule has 0 amide bonds. The SMILES string of the molecule is COc1cccc(CSc2nc3cc(C)[nH]c3c(=O)n2Cc2ccco2)c1. The summed E-state index contributed by atoms with van der Waals surface area (Å²) in [4.78, 5) is 20.8. The lowest BCUT2D eigenvalue weighted by Crippen LogP contribution is -2.23. The quantitative estimate of drug-likeness (QED) is 0.404. The molecule has 0 saturated heterocycles. The van der Waals surface area contributed by atoms with Crippen molar-refractivity contribution < 1.29 is 9.15 Å². The summed E-state index contributed by atoms with van der Waals surface area (Å²) in [6.45, 7) is 2.26. The highest BCUT2D eigenvalue weighted by atomic mass is 32.2. The molecule has 0 spiro atoms. The van der Waals surface area contributed by atoms with Crippen molar-refractivity contribution in [3.05, 3.63) is 76.1 Å². The van der Waals surface area contributed by atoms with E-state index in [0.29, 0.717) is 34.2 Å². The second-order valence-corrected chi connectivity index (χ2v) is 7.16. The van der Waals surface area contributed by atoms with Crippen molar-refractivity contribution in [1.29, 1.82) is 0 Å². The summed E-state index contributed by atoms with van der Waals surface area (Å²) in [5.74, 6) is 2.20. The maximum absolute atomic E-state index is 13.0. The number of fused-ring (bicyclic) bond motifs is 1. The Morgan fingerprint density at radius 1 is 1.26 bits per heavy atom. The first-order valence-corrected chi connectivity index (χ1v) is 9.51. The van der Waals surface area contributed by atoms with Crippen LogP contribution in [0.5, 0.6) is 5.75 Å². The predicted molar refractivity (Wildman–Crippen MR) is 105 cm³/mol. The van der Waals surface area contributed by atoms with Crippen LogP contribution in [0, 0.1) is 6.92 Å². The normalized spacial score (nSPS) is 11.2. The van der Waals surface area contributed by atoms with Gasteiger partial charge in [0.1, 0.15) is 17.0 Å². The van der Waals surface area contributed by atoms with Crippen molar-refractivity contribution in [2.75, 3.05) is 7.11 Å². The summed E-state index contributed by atoms with van der Waals surface area (Å²) >= 11 is 1.52. The second-order valence-electron chi connectivity index (χ2n) is 6.22. The Labute approximate surface area is 160 Å². The van der Waals surface area contributed by atoms with Crippen LogP contribution in [0.4, 0.5) is 0 Å². The maximum atomic E-state index is 13.0. The number of furan rings is 1. The van der Waals surface area contributed by atoms with Gasteiger partial charge in [-0.05, 0) is 42.8 Å². The minimum absolute atomic E-state index is 0.0994. The standard InChI is InChI=1S/C20H19N3O3S/c1-13-9-17-18(21-13)19(24)23(11-16-7-4-8-26-16)20(22-17)27-12-14-5-3-6-15(10-14)25-2/h3-10,21H,11-12H2,1-2H3. The Bertz CT molecular complexity index is 1130. The Morgan fingerprint density at radius 3 is 2.93 bits per heavy atom. The second kappa shape index (κ2) is 7.36. The number of hydrogen-bond donors (Lipinski definition) is 1. The van der Waals surface area contributed by atoms with E-state index in [9.17, 15) is 4.79 Å². The Hall–Kier alpha value is -2.93. The molecule has 7 heteroatoms. The fraction of sp³-hybridized carbons (Fsp3) is 0.200. The lowest BCUT2D eigenvalue weighted by molar-refractivity contribution is 0.414. The molecule has 0 saturated carbocycles. The van der Waals surface area contributed by atoms with Gasteiger partial charge in [-0.15, -0.1) is 0 Å². The third kappa shape index (κ3) is 3.64. The Morgan fingerprint density at radius 2 is 2.15 bits per heavy atom. The highest BCUT2D eigenvalue weighted by molar-refractivity contribution is 7.98. The van der Waals surface area contributed by atoms with Gasteiger partial charge < -0.3 is 14.1 Å². The number of H-pyrrole nitrogens is 1. The van der Waals surface area contributed by atoms with Crippen molar-refractivity contribution in [2.45, 2.75) is 24.4 Å². The van der Waals surface area contributed by atoms with Gasteiger partial charge in [0.15, 0.2) is 5.16 Å². The van der Waals surface area contributed by atoms with Crippen LogP contribution in [0.15, 0.2) is 63.1 Å². The number of nitrogens with zero attached hydrogens (tertiary/aromatic N) is 2. The van der Waals surface area contributed by atoms with Gasteiger partial charge in [-0.3, -0.25) is 9.36 Å². The molecule has 3 heterocycles. The van der Waals surface area contributed by atoms with Crippen LogP contribution in [-0.4, -0.2) is 21.6 Å². The molecule has 4 aromatic rings. The summed E-state index contributed by atoms with van der Waals surface area (Å²) in [7, 11) is 1.65. The molecule has 1 N–H and O–H groups in total. The van der Waals surface area contributed by atoms with E-state index in [1.54, 1.807) is 17.9 Å². The van der Waals surface area contributed by atoms with E-state index >= 15 is 0 Å². The molecule has 4 rings (SSSR count). The van der Waals surface area contributed by atoms with E-state index in [4.69, 9.17) is 14.1 Å². The van der Waals surface area contributed by atoms with Crippen LogP contribution < -0.4 is 10.3 Å². The zero-order valence-corrected chi connectivity index (χ0v) is 15.9. The average Bonchev–Trinajstić information content (AvgIpc) is 3.32. The molecule has 138 valence electrons. The van der Waals surface area contributed by atoms with Crippen molar-refractivity contribution >= 4 is 22.8 Å². The molecule has 27 heavy (non-hydrogen) atoms. The summed E-state index contributed by atoms with van der Waals surface area (Å²) in [6.07, 6.45) is 1.61. The first-order valence-electron chi connectivity index (χ1n) is 8.52. The molecule has 0 aliphatic rings. The first kappa shape index (κ1) is 17.5. The maximum Gasteiger partial charge on any atom is 0.278 e. The number of aromatic amines is 1. The minimum Gasteiger partial charge on any atom is -0.497 e. The van der Waals surface area contributed by atoms with E-state index in [2.05, 4.69) is 4.98 Å². The zero-order chi connectivity index (χ0) is 18.8. The van der Waals surface area contributed by atoms with Crippen molar-refractivity contribution in [2.24, 2.45) is 0 Å². The molecule has 0 unspecified atom stereocenters. The van der Waals surface area contributed by atoms with Gasteiger partial charge in [0.2, 0.25) is 0 Å². The monoisotopic (exact) mass is 381 g/mol. The largest absolute Gasteiger partial charge is 0.497 e. The number of hydrogen-bond acceptors (Lipinski definition) is 5. The van der Waals surface area contributed by atoms with E-state index in [1.807, 2.05) is 49.4 Å². The molecule has 0 fully saturated rings. The number of ether oxygens (including phenoxy) is 1. The highest BCUT2D eigenvalue weighted by Gasteiger charge is 2.15. The van der Waals surface area contributed by atoms with Crippen molar-refractivity contribution in [3.8, 4) is 5.75 Å². The van der Waals surface area contributed by atoms with Crippen LogP contribution in [0.1, 0.15) is 17.0 Å². The van der Waals surface area contributed by atoms with Gasteiger partial charge in [-0.1, -0.05) is 23.9 Å². The molecule has 3 aromatic heterocycles. The van der Waals surface area contributed by atoms with Gasteiger partial charge in [-0.25, -0.2) is 4.98 Å². The van der Waals surface area contributed by atoms with Crippen LogP contribution in [0.3, 0.4) is 0 Å². The number of methoxy groups -OCH3 is 1. The minimum atomic E-state index is -0.0994. The molecule has 6 nitrogen and oxygen atoms in total. The zero-order valence-electron chi connectivity index (χ0n) is 15.1. The van der Waals surface area contributed by atoms with Gasteiger partial charge in [-0.2, -0.15) is 0 Å². The fourth-order valence-corrected chi connectivity index (χ4v) is 3.87. The van der Waals surface area contributed by atoms with Gasteiger partial charge in [0.05, 0.1) is 25.4 Å². The molecule has 0 radical (unpaired) electrons. The van der Waals surface area contributed by atoms with Crippen LogP contribution in [0.2, 0.25) is 0 Å². The van der Waals surface area contributed by atoms with Crippen LogP contribution in [-0.2, 0) is 12.3 Å². The Kier molecular flexibility index (Phi) is 4.77. The number of aryl methyl sites for hydroxylation is 1. The summed E-state index contributed by atoms with van der Waals surface area (Å²) in [5, 5.41) is 0.658. The molecule has 1 aromatic carbocycles. The summed E-state index contributed by atoms with van der Waals surface area (Å²) in [6, 6.07) is 13.4. The van der Waals surface area contributed by atoms with Crippen molar-refractivity contribution in [1.82, 2.24) is 14.5 Å². The predicted octanol–water partition coefficient (Wildman–Crippen LogP) is 3.98. The number of rotatable bonds is 6. The van der Waals surface area contributed by atoms with E-state index in [1.165, 1.54) is 11.8 Å². The Balaban J connectivity index is 1.71. The molecular formula is C20H19N3O3S. The molecule has 0 aliphatic carbocycles. The van der Waals surface area contributed by atoms with Gasteiger partial charge in [0.25, 0.3) is 5.56 Å². The molecular weight excluding hydrogens is 362 g/mol. The van der Waals surface area contributed by atoms with E-state index < -0.39 is 0 Å². The molecule has 0 bridgehead atoms. The summed E-state index contributed by atoms with van der Waals surface area (Å²) < 4.78 is 12.4. The number of thioether (sulfide) groups is 1. The van der Waals surface area contributed by atoms with Gasteiger partial charge in [0, 0.05) is 11.4 Å². The third-order valence-corrected chi connectivity index (χ3v) is 5.28. The molecule has 0 atom stereocenters. The summed E-state index contributed by atoms with van der Waals surface area (Å²) in [5.41, 5.74) is 3.11. The number of aromatic nitrogens is 3. The smallest absolute Gasteiger partial charge is 0.278 e. The third-order valence-electron chi connectivity index (χ3n) is 4.23.